The zero-order chi connectivity index (χ0) is 18.0. The van der Waals surface area contributed by atoms with Crippen LogP contribution < -0.4 is 15.6 Å². The lowest BCUT2D eigenvalue weighted by molar-refractivity contribution is 0.0934. The average Bonchev–Trinajstić information content (AvgIpc) is 2.64. The highest BCUT2D eigenvalue weighted by Crippen LogP contribution is 2.24. The lowest BCUT2D eigenvalue weighted by Crippen LogP contribution is -2.31. The molecule has 6 heteroatoms. The van der Waals surface area contributed by atoms with Crippen molar-refractivity contribution < 1.29 is 9.53 Å². The van der Waals surface area contributed by atoms with Gasteiger partial charge in [-0.2, -0.15) is 5.10 Å². The molecule has 2 aromatic carbocycles. The van der Waals surface area contributed by atoms with E-state index in [0.717, 1.165) is 5.56 Å². The van der Waals surface area contributed by atoms with E-state index in [-0.39, 0.29) is 23.2 Å². The molecule has 0 aliphatic rings. The second-order valence-electron chi connectivity index (χ2n) is 5.76. The number of aromatic nitrogens is 2. The van der Waals surface area contributed by atoms with Gasteiger partial charge in [-0.25, -0.2) is 4.68 Å². The fourth-order valence-electron chi connectivity index (χ4n) is 2.83. The van der Waals surface area contributed by atoms with Crippen molar-refractivity contribution >= 4 is 16.7 Å². The Hall–Kier alpha value is -3.15. The molecule has 0 radical (unpaired) electrons. The summed E-state index contributed by atoms with van der Waals surface area (Å²) < 4.78 is 6.53. The van der Waals surface area contributed by atoms with Crippen LogP contribution in [0.5, 0.6) is 5.75 Å². The lowest BCUT2D eigenvalue weighted by atomic mass is 10.1. The predicted octanol–water partition coefficient (Wildman–Crippen LogP) is 2.43. The van der Waals surface area contributed by atoms with Gasteiger partial charge in [-0.15, -0.1) is 0 Å². The van der Waals surface area contributed by atoms with Crippen molar-refractivity contribution in [3.8, 4) is 5.75 Å². The van der Waals surface area contributed by atoms with Crippen LogP contribution in [0, 0.1) is 0 Å². The molecule has 25 heavy (non-hydrogen) atoms. The summed E-state index contributed by atoms with van der Waals surface area (Å²) in [5.41, 5.74) is 0.858. The fourth-order valence-corrected chi connectivity index (χ4v) is 2.83. The Labute approximate surface area is 145 Å². The summed E-state index contributed by atoms with van der Waals surface area (Å²) >= 11 is 0. The Bertz CT molecular complexity index is 995. The molecule has 0 aliphatic heterocycles. The first-order valence-electron chi connectivity index (χ1n) is 7.92. The number of fused-ring (bicyclic) bond motifs is 1. The van der Waals surface area contributed by atoms with E-state index >= 15 is 0 Å². The second kappa shape index (κ2) is 6.76. The number of nitrogens with zero attached hydrogens (tertiary/aromatic N) is 2. The summed E-state index contributed by atoms with van der Waals surface area (Å²) in [6.07, 6.45) is 0. The maximum Gasteiger partial charge on any atom is 0.274 e. The predicted molar refractivity (Wildman–Crippen MR) is 95.9 cm³/mol. The van der Waals surface area contributed by atoms with Crippen LogP contribution in [0.25, 0.3) is 10.8 Å². The highest BCUT2D eigenvalue weighted by molar-refractivity contribution is 6.04. The minimum Gasteiger partial charge on any atom is -0.496 e. The third kappa shape index (κ3) is 3.10. The standard InChI is InChI=1S/C19H19N3O3/c1-12(13-8-6-7-11-16(13)25-3)20-18(23)17-14-9-4-5-10-15(14)19(24)22(2)21-17/h4-12H,1-3H3,(H,20,23)/t12-/m1/s1. The Morgan fingerprint density at radius 3 is 2.48 bits per heavy atom. The molecule has 3 rings (SSSR count). The number of methoxy groups -OCH3 is 1. The molecule has 0 spiro atoms. The maximum atomic E-state index is 12.8. The van der Waals surface area contributed by atoms with E-state index < -0.39 is 0 Å². The molecule has 1 amide bonds. The smallest absolute Gasteiger partial charge is 0.274 e. The molecule has 0 fully saturated rings. The molecule has 1 aromatic heterocycles. The number of carbonyl (C=O) groups excluding carboxylic acids is 1. The van der Waals surface area contributed by atoms with Gasteiger partial charge in [0.05, 0.1) is 18.5 Å². The van der Waals surface area contributed by atoms with Gasteiger partial charge in [-0.3, -0.25) is 9.59 Å². The van der Waals surface area contributed by atoms with Gasteiger partial charge >= 0.3 is 0 Å². The molecule has 0 unspecified atom stereocenters. The summed E-state index contributed by atoms with van der Waals surface area (Å²) in [5, 5.41) is 8.09. The van der Waals surface area contributed by atoms with Crippen molar-refractivity contribution in [2.45, 2.75) is 13.0 Å². The molecule has 1 N–H and O–H groups in total. The Kier molecular flexibility index (Phi) is 4.52. The van der Waals surface area contributed by atoms with Crippen LogP contribution in [0.4, 0.5) is 0 Å². The first-order valence-corrected chi connectivity index (χ1v) is 7.92. The zero-order valence-corrected chi connectivity index (χ0v) is 14.3. The first kappa shape index (κ1) is 16.7. The highest BCUT2D eigenvalue weighted by Gasteiger charge is 2.19. The van der Waals surface area contributed by atoms with Crippen molar-refractivity contribution in [1.82, 2.24) is 15.1 Å². The molecule has 0 saturated carbocycles. The Morgan fingerprint density at radius 2 is 1.76 bits per heavy atom. The molecule has 1 heterocycles. The monoisotopic (exact) mass is 337 g/mol. The summed E-state index contributed by atoms with van der Waals surface area (Å²) in [6, 6.07) is 14.2. The minimum absolute atomic E-state index is 0.222. The van der Waals surface area contributed by atoms with Crippen LogP contribution in [-0.4, -0.2) is 22.8 Å². The summed E-state index contributed by atoms with van der Waals surface area (Å²) in [5.74, 6) is 0.360. The van der Waals surface area contributed by atoms with Crippen LogP contribution in [0.2, 0.25) is 0 Å². The quantitative estimate of drug-likeness (QED) is 0.793. The van der Waals surface area contributed by atoms with Crippen molar-refractivity contribution in [1.29, 1.82) is 0 Å². The number of carbonyl (C=O) groups is 1. The molecule has 3 aromatic rings. The van der Waals surface area contributed by atoms with E-state index in [0.29, 0.717) is 16.5 Å². The van der Waals surface area contributed by atoms with E-state index in [4.69, 9.17) is 4.74 Å². The number of hydrogen-bond acceptors (Lipinski definition) is 4. The minimum atomic E-state index is -0.342. The molecule has 128 valence electrons. The SMILES string of the molecule is COc1ccccc1[C@@H](C)NC(=O)c1nn(C)c(=O)c2ccccc12. The number of benzene rings is 2. The van der Waals surface area contributed by atoms with Crippen molar-refractivity contribution in [3.05, 3.63) is 70.1 Å². The number of hydrogen-bond donors (Lipinski definition) is 1. The van der Waals surface area contributed by atoms with Gasteiger partial charge in [0.2, 0.25) is 0 Å². The number of nitrogens with one attached hydrogen (secondary N) is 1. The van der Waals surface area contributed by atoms with Gasteiger partial charge < -0.3 is 10.1 Å². The van der Waals surface area contributed by atoms with E-state index in [2.05, 4.69) is 10.4 Å². The molecule has 1 atom stereocenters. The van der Waals surface area contributed by atoms with Crippen LogP contribution in [0.3, 0.4) is 0 Å². The van der Waals surface area contributed by atoms with Gasteiger partial charge in [0.15, 0.2) is 5.69 Å². The van der Waals surface area contributed by atoms with E-state index in [9.17, 15) is 9.59 Å². The van der Waals surface area contributed by atoms with E-state index in [1.807, 2.05) is 31.2 Å². The molecule has 6 nitrogen and oxygen atoms in total. The number of ether oxygens (including phenoxy) is 1. The average molecular weight is 337 g/mol. The van der Waals surface area contributed by atoms with Gasteiger partial charge in [-0.05, 0) is 19.1 Å². The van der Waals surface area contributed by atoms with Gasteiger partial charge in [-0.1, -0.05) is 36.4 Å². The Morgan fingerprint density at radius 1 is 1.12 bits per heavy atom. The number of aryl methyl sites for hydroxylation is 1. The first-order chi connectivity index (χ1) is 12.0. The van der Waals surface area contributed by atoms with Crippen LogP contribution >= 0.6 is 0 Å². The largest absolute Gasteiger partial charge is 0.496 e. The van der Waals surface area contributed by atoms with Crippen molar-refractivity contribution in [2.24, 2.45) is 7.05 Å². The van der Waals surface area contributed by atoms with Gasteiger partial charge in [0.25, 0.3) is 11.5 Å². The maximum absolute atomic E-state index is 12.8. The normalized spacial score (nSPS) is 12.0. The molecular formula is C19H19N3O3. The molecule has 0 saturated heterocycles. The Balaban J connectivity index is 1.98. The van der Waals surface area contributed by atoms with Crippen molar-refractivity contribution in [2.75, 3.05) is 7.11 Å². The van der Waals surface area contributed by atoms with Crippen molar-refractivity contribution in [3.63, 3.8) is 0 Å². The molecular weight excluding hydrogens is 318 g/mol. The molecule has 0 aliphatic carbocycles. The third-order valence-electron chi connectivity index (χ3n) is 4.12. The number of rotatable bonds is 4. The fraction of sp³-hybridized carbons (Fsp3) is 0.211. The van der Waals surface area contributed by atoms with E-state index in [1.165, 1.54) is 11.7 Å². The summed E-state index contributed by atoms with van der Waals surface area (Å²) in [7, 11) is 3.13. The van der Waals surface area contributed by atoms with Gasteiger partial charge in [0.1, 0.15) is 5.75 Å². The summed E-state index contributed by atoms with van der Waals surface area (Å²) in [6.45, 7) is 1.87. The van der Waals surface area contributed by atoms with Crippen LogP contribution in [-0.2, 0) is 7.05 Å². The summed E-state index contributed by atoms with van der Waals surface area (Å²) in [4.78, 5) is 25.0. The van der Waals surface area contributed by atoms with E-state index in [1.54, 1.807) is 31.4 Å². The second-order valence-corrected chi connectivity index (χ2v) is 5.76. The van der Waals surface area contributed by atoms with Crippen LogP contribution in [0.15, 0.2) is 53.3 Å². The topological polar surface area (TPSA) is 73.2 Å². The molecule has 0 bridgehead atoms. The van der Waals surface area contributed by atoms with Crippen LogP contribution in [0.1, 0.15) is 29.0 Å². The zero-order valence-electron chi connectivity index (χ0n) is 14.3. The third-order valence-corrected chi connectivity index (χ3v) is 4.12. The number of amides is 1. The lowest BCUT2D eigenvalue weighted by Gasteiger charge is -2.17. The number of para-hydroxylation sites is 1. The highest BCUT2D eigenvalue weighted by atomic mass is 16.5. The van der Waals surface area contributed by atoms with Gasteiger partial charge in [0, 0.05) is 18.0 Å².